The molecule has 4 amide bonds. The number of amides is 4. The molecule has 0 spiro atoms. The van der Waals surface area contributed by atoms with Crippen molar-refractivity contribution in [1.29, 1.82) is 0 Å². The van der Waals surface area contributed by atoms with Gasteiger partial charge in [-0.15, -0.1) is 0 Å². The average molecular weight is 570 g/mol. The van der Waals surface area contributed by atoms with Crippen molar-refractivity contribution in [2.75, 3.05) is 26.7 Å². The van der Waals surface area contributed by atoms with Crippen LogP contribution < -0.4 is 5.32 Å². The van der Waals surface area contributed by atoms with Gasteiger partial charge < -0.3 is 15.1 Å². The number of hydrogen-bond acceptors (Lipinski definition) is 4. The van der Waals surface area contributed by atoms with Crippen LogP contribution in [0.25, 0.3) is 0 Å². The van der Waals surface area contributed by atoms with E-state index >= 15 is 0 Å². The van der Waals surface area contributed by atoms with Gasteiger partial charge in [-0.1, -0.05) is 111 Å². The highest BCUT2D eigenvalue weighted by molar-refractivity contribution is 5.91. The maximum absolute atomic E-state index is 13.9. The zero-order valence-corrected chi connectivity index (χ0v) is 25.2. The SMILES string of the molecule is CCC.Cc1ccc(CCN2CC3N(C(=O)CN(C)N3C(=O)NCc3ccccc3)[C@@H](Cc3ccccc3)C2=O)cc1. The van der Waals surface area contributed by atoms with E-state index in [0.717, 1.165) is 16.7 Å². The zero-order valence-electron chi connectivity index (χ0n) is 25.2. The Hall–Kier alpha value is -4.17. The maximum atomic E-state index is 13.9. The Morgan fingerprint density at radius 2 is 1.45 bits per heavy atom. The van der Waals surface area contributed by atoms with Crippen LogP contribution in [-0.2, 0) is 29.0 Å². The largest absolute Gasteiger partial charge is 0.337 e. The van der Waals surface area contributed by atoms with Gasteiger partial charge in [0, 0.05) is 26.6 Å². The topological polar surface area (TPSA) is 76.2 Å². The first-order valence-corrected chi connectivity index (χ1v) is 14.8. The van der Waals surface area contributed by atoms with E-state index < -0.39 is 12.2 Å². The van der Waals surface area contributed by atoms with Gasteiger partial charge in [0.1, 0.15) is 12.2 Å². The summed E-state index contributed by atoms with van der Waals surface area (Å²) in [5, 5.41) is 6.27. The molecule has 0 bridgehead atoms. The van der Waals surface area contributed by atoms with Gasteiger partial charge in [0.25, 0.3) is 0 Å². The molecule has 1 unspecified atom stereocenters. The van der Waals surface area contributed by atoms with Crippen molar-refractivity contribution in [2.24, 2.45) is 0 Å². The summed E-state index contributed by atoms with van der Waals surface area (Å²) < 4.78 is 0. The predicted molar refractivity (Wildman–Crippen MR) is 165 cm³/mol. The lowest BCUT2D eigenvalue weighted by Gasteiger charge is -2.54. The third-order valence-corrected chi connectivity index (χ3v) is 7.50. The highest BCUT2D eigenvalue weighted by Crippen LogP contribution is 2.28. The van der Waals surface area contributed by atoms with Gasteiger partial charge in [-0.3, -0.25) is 9.59 Å². The number of piperazine rings is 1. The quantitative estimate of drug-likeness (QED) is 0.450. The molecule has 2 saturated heterocycles. The average Bonchev–Trinajstić information content (AvgIpc) is 2.99. The summed E-state index contributed by atoms with van der Waals surface area (Å²) in [6, 6.07) is 26.8. The van der Waals surface area contributed by atoms with Gasteiger partial charge in [0.15, 0.2) is 0 Å². The minimum Gasteiger partial charge on any atom is -0.337 e. The number of fused-ring (bicyclic) bond motifs is 1. The smallest absolute Gasteiger partial charge is 0.334 e. The lowest BCUT2D eigenvalue weighted by molar-refractivity contribution is -0.186. The van der Waals surface area contributed by atoms with Crippen molar-refractivity contribution in [3.63, 3.8) is 0 Å². The number of carbonyl (C=O) groups is 3. The number of benzene rings is 3. The van der Waals surface area contributed by atoms with Crippen LogP contribution in [-0.4, -0.2) is 76.6 Å². The molecule has 2 atom stereocenters. The number of carbonyl (C=O) groups excluding carboxylic acids is 3. The fourth-order valence-electron chi connectivity index (χ4n) is 5.42. The monoisotopic (exact) mass is 569 g/mol. The summed E-state index contributed by atoms with van der Waals surface area (Å²) in [5.41, 5.74) is 4.29. The summed E-state index contributed by atoms with van der Waals surface area (Å²) in [6.07, 6.45) is 1.74. The van der Waals surface area contributed by atoms with E-state index in [4.69, 9.17) is 0 Å². The number of nitrogens with one attached hydrogen (secondary N) is 1. The summed E-state index contributed by atoms with van der Waals surface area (Å²) in [7, 11) is 1.75. The number of nitrogens with zero attached hydrogens (tertiary/aromatic N) is 4. The van der Waals surface area contributed by atoms with Crippen molar-refractivity contribution >= 4 is 17.8 Å². The van der Waals surface area contributed by atoms with E-state index in [1.807, 2.05) is 65.6 Å². The summed E-state index contributed by atoms with van der Waals surface area (Å²) in [6.45, 7) is 7.46. The van der Waals surface area contributed by atoms with Crippen molar-refractivity contribution in [3.05, 3.63) is 107 Å². The Kier molecular flexibility index (Phi) is 10.7. The molecular weight excluding hydrogens is 526 g/mol. The normalized spacial score (nSPS) is 18.7. The molecule has 0 radical (unpaired) electrons. The third-order valence-electron chi connectivity index (χ3n) is 7.50. The molecule has 2 aliphatic heterocycles. The Morgan fingerprint density at radius 3 is 2.07 bits per heavy atom. The lowest BCUT2D eigenvalue weighted by atomic mass is 9.98. The number of hydrogen-bond donors (Lipinski definition) is 1. The molecule has 0 aromatic heterocycles. The molecule has 0 aliphatic carbocycles. The van der Waals surface area contributed by atoms with E-state index in [1.54, 1.807) is 22.0 Å². The van der Waals surface area contributed by atoms with Crippen LogP contribution in [0.2, 0.25) is 0 Å². The minimum atomic E-state index is -0.685. The number of hydrazine groups is 1. The van der Waals surface area contributed by atoms with Gasteiger partial charge in [-0.05, 0) is 30.0 Å². The second kappa shape index (κ2) is 14.6. The van der Waals surface area contributed by atoms with Crippen LogP contribution in [0.1, 0.15) is 42.5 Å². The summed E-state index contributed by atoms with van der Waals surface area (Å²) >= 11 is 0. The Labute approximate surface area is 249 Å². The molecule has 0 saturated carbocycles. The summed E-state index contributed by atoms with van der Waals surface area (Å²) in [4.78, 5) is 44.3. The van der Waals surface area contributed by atoms with Gasteiger partial charge in [0.2, 0.25) is 11.8 Å². The number of urea groups is 1. The molecule has 2 fully saturated rings. The second-order valence-electron chi connectivity index (χ2n) is 11.0. The predicted octanol–water partition coefficient (Wildman–Crippen LogP) is 4.63. The van der Waals surface area contributed by atoms with Crippen LogP contribution in [0.5, 0.6) is 0 Å². The van der Waals surface area contributed by atoms with Crippen LogP contribution >= 0.6 is 0 Å². The Balaban J connectivity index is 0.00000129. The molecule has 3 aromatic rings. The zero-order chi connectivity index (χ0) is 30.1. The number of likely N-dealkylation sites (N-methyl/N-ethyl adjacent to an activating group) is 1. The minimum absolute atomic E-state index is 0.0250. The van der Waals surface area contributed by atoms with Crippen molar-refractivity contribution < 1.29 is 14.4 Å². The van der Waals surface area contributed by atoms with Crippen molar-refractivity contribution in [3.8, 4) is 0 Å². The Bertz CT molecular complexity index is 1320. The van der Waals surface area contributed by atoms with Crippen LogP contribution in [0.4, 0.5) is 4.79 Å². The fraction of sp³-hybridized carbons (Fsp3) is 0.382. The summed E-state index contributed by atoms with van der Waals surface area (Å²) in [5.74, 6) is -0.230. The first kappa shape index (κ1) is 30.8. The van der Waals surface area contributed by atoms with Gasteiger partial charge in [-0.2, -0.15) is 0 Å². The molecule has 2 aliphatic rings. The molecule has 8 nitrogen and oxygen atoms in total. The van der Waals surface area contributed by atoms with E-state index in [0.29, 0.717) is 25.9 Å². The van der Waals surface area contributed by atoms with Gasteiger partial charge in [-0.25, -0.2) is 14.8 Å². The van der Waals surface area contributed by atoms with Gasteiger partial charge >= 0.3 is 6.03 Å². The second-order valence-corrected chi connectivity index (χ2v) is 11.0. The molecular formula is C34H43N5O3. The molecule has 3 aromatic carbocycles. The first-order chi connectivity index (χ1) is 20.3. The highest BCUT2D eigenvalue weighted by atomic mass is 16.2. The fourth-order valence-corrected chi connectivity index (χ4v) is 5.42. The van der Waals surface area contributed by atoms with E-state index in [2.05, 4.69) is 50.4 Å². The number of aryl methyl sites for hydroxylation is 1. The van der Waals surface area contributed by atoms with Crippen molar-refractivity contribution in [1.82, 2.24) is 25.1 Å². The molecule has 1 N–H and O–H groups in total. The Morgan fingerprint density at radius 1 is 0.857 bits per heavy atom. The molecule has 2 heterocycles. The van der Waals surface area contributed by atoms with Crippen molar-refractivity contribution in [2.45, 2.75) is 58.8 Å². The molecule has 5 rings (SSSR count). The van der Waals surface area contributed by atoms with E-state index in [-0.39, 0.29) is 30.9 Å². The molecule has 8 heteroatoms. The van der Waals surface area contributed by atoms with Crippen LogP contribution in [0.15, 0.2) is 84.9 Å². The van der Waals surface area contributed by atoms with E-state index in [9.17, 15) is 14.4 Å². The van der Waals surface area contributed by atoms with Crippen LogP contribution in [0.3, 0.4) is 0 Å². The molecule has 42 heavy (non-hydrogen) atoms. The third kappa shape index (κ3) is 7.56. The van der Waals surface area contributed by atoms with E-state index in [1.165, 1.54) is 12.0 Å². The standard InChI is InChI=1S/C31H35N5O3.C3H8/c1-23-13-15-24(16-14-23)17-18-34-21-28-35(27(30(34)38)19-25-9-5-3-6-10-25)29(37)22-33(2)36(28)31(39)32-20-26-11-7-4-8-12-26;1-3-2/h3-16,27-28H,17-22H2,1-2H3,(H,32,39);3H2,1-2H3/t27-,28?;/m0./s1. The van der Waals surface area contributed by atoms with Gasteiger partial charge in [0.05, 0.1) is 13.1 Å². The first-order valence-electron chi connectivity index (χ1n) is 14.8. The lowest BCUT2D eigenvalue weighted by Crippen LogP contribution is -2.76. The van der Waals surface area contributed by atoms with Crippen LogP contribution in [0, 0.1) is 6.92 Å². The highest BCUT2D eigenvalue weighted by Gasteiger charge is 2.50. The maximum Gasteiger partial charge on any atom is 0.334 e. The number of rotatable bonds is 7. The molecule has 222 valence electrons.